The molecule has 5 heteroatoms. The van der Waals surface area contributed by atoms with Crippen molar-refractivity contribution in [3.63, 3.8) is 0 Å². The van der Waals surface area contributed by atoms with Crippen LogP contribution in [-0.2, 0) is 4.79 Å². The van der Waals surface area contributed by atoms with Crippen LogP contribution in [0, 0.1) is 0 Å². The van der Waals surface area contributed by atoms with E-state index in [4.69, 9.17) is 9.84 Å². The zero-order chi connectivity index (χ0) is 11.5. The van der Waals surface area contributed by atoms with Crippen molar-refractivity contribution in [2.45, 2.75) is 17.4 Å². The van der Waals surface area contributed by atoms with Crippen LogP contribution in [0.3, 0.4) is 0 Å². The number of aliphatic carboxylic acids is 1. The fourth-order valence-electron chi connectivity index (χ4n) is 1.70. The van der Waals surface area contributed by atoms with Crippen LogP contribution in [0.2, 0.25) is 0 Å². The molecule has 4 nitrogen and oxygen atoms in total. The van der Waals surface area contributed by atoms with E-state index in [0.29, 0.717) is 0 Å². The summed E-state index contributed by atoms with van der Waals surface area (Å²) >= 11 is 1.66. The zero-order valence-corrected chi connectivity index (χ0v) is 9.71. The molecule has 0 aromatic heterocycles. The van der Waals surface area contributed by atoms with Crippen molar-refractivity contribution in [1.29, 1.82) is 0 Å². The number of hydrogen-bond donors (Lipinski definition) is 2. The zero-order valence-electron chi connectivity index (χ0n) is 8.90. The lowest BCUT2D eigenvalue weighted by atomic mass is 10.2. The highest BCUT2D eigenvalue weighted by atomic mass is 32.2. The summed E-state index contributed by atoms with van der Waals surface area (Å²) in [5, 5.41) is 12.0. The van der Waals surface area contributed by atoms with Gasteiger partial charge in [0.2, 0.25) is 0 Å². The lowest BCUT2D eigenvalue weighted by Crippen LogP contribution is -2.28. The van der Waals surface area contributed by atoms with E-state index < -0.39 is 5.97 Å². The second-order valence-electron chi connectivity index (χ2n) is 3.58. The molecule has 0 saturated carbocycles. The van der Waals surface area contributed by atoms with Gasteiger partial charge >= 0.3 is 5.97 Å². The van der Waals surface area contributed by atoms with Crippen LogP contribution >= 0.6 is 11.8 Å². The van der Waals surface area contributed by atoms with Crippen LogP contribution in [0.25, 0.3) is 0 Å². The van der Waals surface area contributed by atoms with Crippen LogP contribution in [-0.4, -0.2) is 30.0 Å². The molecule has 0 amide bonds. The molecule has 16 heavy (non-hydrogen) atoms. The molecular formula is C11H13NO3S. The summed E-state index contributed by atoms with van der Waals surface area (Å²) in [5.41, 5.74) is 0.910. The van der Waals surface area contributed by atoms with E-state index >= 15 is 0 Å². The summed E-state index contributed by atoms with van der Waals surface area (Å²) < 4.78 is 5.24. The molecule has 1 aliphatic rings. The Morgan fingerprint density at radius 1 is 1.69 bits per heavy atom. The smallest absolute Gasteiger partial charge is 0.305 e. The number of hydrogen-bond acceptors (Lipinski definition) is 4. The average Bonchev–Trinajstić information content (AvgIpc) is 2.27. The van der Waals surface area contributed by atoms with Gasteiger partial charge in [-0.3, -0.25) is 4.79 Å². The van der Waals surface area contributed by atoms with Crippen LogP contribution < -0.4 is 10.1 Å². The molecule has 1 unspecified atom stereocenters. The van der Waals surface area contributed by atoms with E-state index in [0.717, 1.165) is 22.1 Å². The average molecular weight is 239 g/mol. The maximum absolute atomic E-state index is 10.7. The maximum atomic E-state index is 10.7. The highest BCUT2D eigenvalue weighted by molar-refractivity contribution is 7.99. The predicted octanol–water partition coefficient (Wildman–Crippen LogP) is 2.06. The summed E-state index contributed by atoms with van der Waals surface area (Å²) in [7, 11) is 1.61. The Bertz CT molecular complexity index is 394. The second kappa shape index (κ2) is 4.65. The molecule has 2 N–H and O–H groups in total. The largest absolute Gasteiger partial charge is 0.495 e. The number of carbonyl (C=O) groups is 1. The van der Waals surface area contributed by atoms with E-state index in [9.17, 15) is 4.79 Å². The Kier molecular flexibility index (Phi) is 3.24. The number of carboxylic acid groups (broad SMARTS) is 1. The lowest BCUT2D eigenvalue weighted by molar-refractivity contribution is -0.137. The number of rotatable bonds is 3. The number of thioether (sulfide) groups is 1. The normalized spacial score (nSPS) is 18.4. The minimum absolute atomic E-state index is 0.0358. The Labute approximate surface area is 98.0 Å². The molecule has 0 saturated heterocycles. The number of anilines is 1. The van der Waals surface area contributed by atoms with Gasteiger partial charge < -0.3 is 15.2 Å². The second-order valence-corrected chi connectivity index (χ2v) is 4.65. The van der Waals surface area contributed by atoms with Crippen molar-refractivity contribution >= 4 is 23.4 Å². The molecule has 1 heterocycles. The molecule has 0 bridgehead atoms. The fraction of sp³-hybridized carbons (Fsp3) is 0.364. The van der Waals surface area contributed by atoms with Gasteiger partial charge in [-0.15, -0.1) is 11.8 Å². The molecule has 0 radical (unpaired) electrons. The number of para-hydroxylation sites is 1. The molecule has 86 valence electrons. The van der Waals surface area contributed by atoms with Gasteiger partial charge in [0.05, 0.1) is 19.2 Å². The fourth-order valence-corrected chi connectivity index (χ4v) is 2.76. The summed E-state index contributed by atoms with van der Waals surface area (Å²) in [6.45, 7) is 0. The quantitative estimate of drug-likeness (QED) is 0.845. The van der Waals surface area contributed by atoms with Gasteiger partial charge in [-0.25, -0.2) is 0 Å². The predicted molar refractivity (Wildman–Crippen MR) is 63.4 cm³/mol. The third-order valence-corrected chi connectivity index (χ3v) is 3.64. The van der Waals surface area contributed by atoms with E-state index in [2.05, 4.69) is 5.32 Å². The maximum Gasteiger partial charge on any atom is 0.305 e. The number of nitrogens with one attached hydrogen (secondary N) is 1. The topological polar surface area (TPSA) is 58.6 Å². The molecule has 0 spiro atoms. The molecule has 2 rings (SSSR count). The molecule has 1 aliphatic heterocycles. The third kappa shape index (κ3) is 2.24. The summed E-state index contributed by atoms with van der Waals surface area (Å²) in [4.78, 5) is 11.8. The van der Waals surface area contributed by atoms with Gasteiger partial charge in [0.25, 0.3) is 0 Å². The van der Waals surface area contributed by atoms with Gasteiger partial charge in [0.15, 0.2) is 0 Å². The first kappa shape index (κ1) is 11.1. The molecule has 1 aromatic carbocycles. The Balaban J connectivity index is 2.21. The number of ether oxygens (including phenoxy) is 1. The Morgan fingerprint density at radius 2 is 2.50 bits per heavy atom. The van der Waals surface area contributed by atoms with E-state index in [1.54, 1.807) is 18.9 Å². The number of carboxylic acids is 1. The molecule has 0 aliphatic carbocycles. The monoisotopic (exact) mass is 239 g/mol. The minimum atomic E-state index is -0.781. The lowest BCUT2D eigenvalue weighted by Gasteiger charge is -2.26. The van der Waals surface area contributed by atoms with Crippen LogP contribution in [0.1, 0.15) is 6.42 Å². The first-order valence-corrected chi connectivity index (χ1v) is 5.97. The van der Waals surface area contributed by atoms with Crippen LogP contribution in [0.4, 0.5) is 5.69 Å². The Morgan fingerprint density at radius 3 is 3.19 bits per heavy atom. The standard InChI is InChI=1S/C11H13NO3S/c1-15-8-3-2-4-9-11(8)12-7(6-16-9)5-10(13)14/h2-4,7,12H,5-6H2,1H3,(H,13,14). The van der Waals surface area contributed by atoms with Gasteiger partial charge in [-0.1, -0.05) is 6.07 Å². The van der Waals surface area contributed by atoms with Gasteiger partial charge in [-0.2, -0.15) is 0 Å². The third-order valence-electron chi connectivity index (χ3n) is 2.42. The highest BCUT2D eigenvalue weighted by Gasteiger charge is 2.22. The summed E-state index contributed by atoms with van der Waals surface area (Å²) in [5.74, 6) is 0.753. The van der Waals surface area contributed by atoms with Crippen molar-refractivity contribution < 1.29 is 14.6 Å². The SMILES string of the molecule is COc1cccc2c1NC(CC(=O)O)CS2. The molecule has 1 atom stereocenters. The van der Waals surface area contributed by atoms with Gasteiger partial charge in [-0.05, 0) is 12.1 Å². The highest BCUT2D eigenvalue weighted by Crippen LogP contribution is 2.39. The van der Waals surface area contributed by atoms with Crippen molar-refractivity contribution in [3.8, 4) is 5.75 Å². The first-order chi connectivity index (χ1) is 7.70. The minimum Gasteiger partial charge on any atom is -0.495 e. The van der Waals surface area contributed by atoms with Crippen molar-refractivity contribution in [2.24, 2.45) is 0 Å². The van der Waals surface area contributed by atoms with Crippen LogP contribution in [0.5, 0.6) is 5.75 Å². The van der Waals surface area contributed by atoms with E-state index in [1.165, 1.54) is 0 Å². The molecule has 0 fully saturated rings. The Hall–Kier alpha value is -1.36. The molecule has 1 aromatic rings. The van der Waals surface area contributed by atoms with Crippen molar-refractivity contribution in [1.82, 2.24) is 0 Å². The number of benzene rings is 1. The van der Waals surface area contributed by atoms with Gasteiger partial charge in [0.1, 0.15) is 5.75 Å². The number of methoxy groups -OCH3 is 1. The first-order valence-electron chi connectivity index (χ1n) is 4.99. The van der Waals surface area contributed by atoms with E-state index in [1.807, 2.05) is 18.2 Å². The van der Waals surface area contributed by atoms with Gasteiger partial charge in [0, 0.05) is 16.7 Å². The van der Waals surface area contributed by atoms with Crippen LogP contribution in [0.15, 0.2) is 23.1 Å². The number of fused-ring (bicyclic) bond motifs is 1. The molecular weight excluding hydrogens is 226 g/mol. The summed E-state index contributed by atoms with van der Waals surface area (Å²) in [6.07, 6.45) is 0.129. The van der Waals surface area contributed by atoms with Crippen molar-refractivity contribution in [2.75, 3.05) is 18.2 Å². The van der Waals surface area contributed by atoms with Crippen molar-refractivity contribution in [3.05, 3.63) is 18.2 Å². The summed E-state index contributed by atoms with van der Waals surface area (Å²) in [6, 6.07) is 5.78. The van der Waals surface area contributed by atoms with E-state index in [-0.39, 0.29) is 12.5 Å².